The first-order valence-electron chi connectivity index (χ1n) is 8.83. The maximum Gasteiger partial charge on any atom is 0.280 e. The van der Waals surface area contributed by atoms with E-state index in [9.17, 15) is 19.2 Å². The molecular weight excluding hydrogens is 372 g/mol. The van der Waals surface area contributed by atoms with Crippen LogP contribution in [0.4, 0.5) is 0 Å². The van der Waals surface area contributed by atoms with Crippen molar-refractivity contribution in [2.24, 2.45) is 0 Å². The summed E-state index contributed by atoms with van der Waals surface area (Å²) >= 11 is 0. The van der Waals surface area contributed by atoms with E-state index in [0.29, 0.717) is 16.7 Å². The van der Waals surface area contributed by atoms with E-state index in [1.807, 2.05) is 0 Å². The molecule has 1 N–H and O–H groups in total. The molecular formula is C21H16N4O4. The van der Waals surface area contributed by atoms with Gasteiger partial charge in [-0.2, -0.15) is 0 Å². The predicted octanol–water partition coefficient (Wildman–Crippen LogP) is 1.87. The van der Waals surface area contributed by atoms with Gasteiger partial charge in [-0.05, 0) is 37.3 Å². The fourth-order valence-electron chi connectivity index (χ4n) is 3.27. The summed E-state index contributed by atoms with van der Waals surface area (Å²) in [7, 11) is 0. The van der Waals surface area contributed by atoms with E-state index < -0.39 is 23.3 Å². The Morgan fingerprint density at radius 2 is 1.83 bits per heavy atom. The summed E-state index contributed by atoms with van der Waals surface area (Å²) in [5.41, 5.74) is 3.16. The second-order valence-corrected chi connectivity index (χ2v) is 6.53. The molecule has 2 aromatic carbocycles. The Hall–Kier alpha value is -4.07. The zero-order chi connectivity index (χ0) is 20.7. The molecule has 8 heteroatoms. The van der Waals surface area contributed by atoms with E-state index in [4.69, 9.17) is 0 Å². The van der Waals surface area contributed by atoms with Gasteiger partial charge in [-0.3, -0.25) is 29.5 Å². The number of hydrogen-bond donors (Lipinski definition) is 1. The largest absolute Gasteiger partial charge is 0.280 e. The molecule has 0 radical (unpaired) electrons. The zero-order valence-corrected chi connectivity index (χ0v) is 15.5. The van der Waals surface area contributed by atoms with Gasteiger partial charge < -0.3 is 0 Å². The first-order chi connectivity index (χ1) is 13.9. The molecule has 29 heavy (non-hydrogen) atoms. The summed E-state index contributed by atoms with van der Waals surface area (Å²) in [6.45, 7) is 5.23. The molecule has 144 valence electrons. The van der Waals surface area contributed by atoms with Crippen LogP contribution in [-0.2, 0) is 0 Å². The Morgan fingerprint density at radius 3 is 2.59 bits per heavy atom. The molecule has 8 nitrogen and oxygen atoms in total. The SMILES string of the molecule is C=CCN1C(=O)c2ccc(C(=O)Nn3c(C)nc4ccccc4c3=O)cc2C1=O. The number of fused-ring (bicyclic) bond motifs is 2. The van der Waals surface area contributed by atoms with E-state index in [1.165, 1.54) is 24.3 Å². The van der Waals surface area contributed by atoms with Crippen LogP contribution in [0.3, 0.4) is 0 Å². The molecule has 0 saturated heterocycles. The topological polar surface area (TPSA) is 101 Å². The van der Waals surface area contributed by atoms with Crippen LogP contribution >= 0.6 is 0 Å². The summed E-state index contributed by atoms with van der Waals surface area (Å²) < 4.78 is 1.06. The Kier molecular flexibility index (Phi) is 4.31. The van der Waals surface area contributed by atoms with Crippen molar-refractivity contribution >= 4 is 28.6 Å². The minimum atomic E-state index is -0.600. The van der Waals surface area contributed by atoms with Crippen molar-refractivity contribution in [3.63, 3.8) is 0 Å². The molecule has 0 unspecified atom stereocenters. The Labute approximate surface area is 165 Å². The molecule has 3 amide bonds. The Morgan fingerprint density at radius 1 is 1.10 bits per heavy atom. The molecule has 1 aliphatic rings. The van der Waals surface area contributed by atoms with E-state index in [-0.39, 0.29) is 23.2 Å². The van der Waals surface area contributed by atoms with Crippen LogP contribution in [0.5, 0.6) is 0 Å². The number of nitrogens with zero attached hydrogens (tertiary/aromatic N) is 3. The summed E-state index contributed by atoms with van der Waals surface area (Å²) in [5, 5.41) is 0.369. The molecule has 2 heterocycles. The summed E-state index contributed by atoms with van der Waals surface area (Å²) in [6, 6.07) is 11.0. The summed E-state index contributed by atoms with van der Waals surface area (Å²) in [4.78, 5) is 55.5. The molecule has 0 aliphatic carbocycles. The molecule has 0 bridgehead atoms. The van der Waals surface area contributed by atoms with Gasteiger partial charge in [0.15, 0.2) is 0 Å². The number of nitrogens with one attached hydrogen (secondary N) is 1. The maximum absolute atomic E-state index is 12.7. The molecule has 0 spiro atoms. The quantitative estimate of drug-likeness (QED) is 0.543. The van der Waals surface area contributed by atoms with E-state index >= 15 is 0 Å². The second kappa shape index (κ2) is 6.83. The van der Waals surface area contributed by atoms with Crippen LogP contribution < -0.4 is 11.0 Å². The van der Waals surface area contributed by atoms with Crippen LogP contribution in [-0.4, -0.2) is 38.8 Å². The molecule has 0 saturated carbocycles. The highest BCUT2D eigenvalue weighted by molar-refractivity contribution is 6.22. The Bertz CT molecular complexity index is 1280. The lowest BCUT2D eigenvalue weighted by Gasteiger charge is -2.12. The monoisotopic (exact) mass is 388 g/mol. The van der Waals surface area contributed by atoms with Gasteiger partial charge in [0, 0.05) is 12.1 Å². The lowest BCUT2D eigenvalue weighted by molar-refractivity contribution is 0.0672. The van der Waals surface area contributed by atoms with Crippen LogP contribution in [0.25, 0.3) is 10.9 Å². The number of benzene rings is 2. The first kappa shape index (κ1) is 18.3. The van der Waals surface area contributed by atoms with Crippen LogP contribution in [0.15, 0.2) is 59.9 Å². The van der Waals surface area contributed by atoms with Gasteiger partial charge in [0.05, 0.1) is 22.0 Å². The van der Waals surface area contributed by atoms with Crippen LogP contribution in [0.1, 0.15) is 36.9 Å². The minimum absolute atomic E-state index is 0.0885. The highest BCUT2D eigenvalue weighted by Crippen LogP contribution is 2.24. The number of carbonyl (C=O) groups excluding carboxylic acids is 3. The van der Waals surface area contributed by atoms with Crippen LogP contribution in [0, 0.1) is 6.92 Å². The van der Waals surface area contributed by atoms with Crippen molar-refractivity contribution in [1.29, 1.82) is 0 Å². The lowest BCUT2D eigenvalue weighted by atomic mass is 10.1. The van der Waals surface area contributed by atoms with Crippen molar-refractivity contribution in [3.8, 4) is 0 Å². The number of aromatic nitrogens is 2. The normalized spacial score (nSPS) is 12.9. The standard InChI is InChI=1S/C21H16N4O4/c1-3-10-24-19(27)14-9-8-13(11-16(14)20(24)28)18(26)23-25-12(2)22-17-7-5-4-6-15(17)21(25)29/h3-9,11H,1,10H2,2H3,(H,23,26). The third kappa shape index (κ3) is 2.91. The van der Waals surface area contributed by atoms with Crippen molar-refractivity contribution in [2.45, 2.75) is 6.92 Å². The predicted molar refractivity (Wildman–Crippen MR) is 106 cm³/mol. The van der Waals surface area contributed by atoms with Gasteiger partial charge >= 0.3 is 0 Å². The average Bonchev–Trinajstić information content (AvgIpc) is 2.95. The fourth-order valence-corrected chi connectivity index (χ4v) is 3.27. The van der Waals surface area contributed by atoms with Crippen LogP contribution in [0.2, 0.25) is 0 Å². The van der Waals surface area contributed by atoms with Crippen molar-refractivity contribution in [3.05, 3.63) is 88.0 Å². The van der Waals surface area contributed by atoms with Gasteiger partial charge in [0.25, 0.3) is 23.3 Å². The summed E-state index contributed by atoms with van der Waals surface area (Å²) in [6.07, 6.45) is 1.46. The number of rotatable bonds is 4. The molecule has 0 fully saturated rings. The average molecular weight is 388 g/mol. The van der Waals surface area contributed by atoms with Crippen molar-refractivity contribution in [2.75, 3.05) is 12.0 Å². The third-order valence-corrected chi connectivity index (χ3v) is 4.70. The molecule has 4 rings (SSSR count). The van der Waals surface area contributed by atoms with E-state index in [0.717, 1.165) is 9.58 Å². The minimum Gasteiger partial charge on any atom is -0.270 e. The zero-order valence-electron chi connectivity index (χ0n) is 15.5. The number of amides is 3. The van der Waals surface area contributed by atoms with Gasteiger partial charge in [-0.1, -0.05) is 18.2 Å². The summed E-state index contributed by atoms with van der Waals surface area (Å²) in [5.74, 6) is -1.20. The molecule has 1 aliphatic heterocycles. The molecule has 1 aromatic heterocycles. The molecule has 0 atom stereocenters. The number of carbonyl (C=O) groups is 3. The van der Waals surface area contributed by atoms with Crippen molar-refractivity contribution in [1.82, 2.24) is 14.6 Å². The van der Waals surface area contributed by atoms with E-state index in [1.54, 1.807) is 31.2 Å². The number of imide groups is 1. The van der Waals surface area contributed by atoms with Gasteiger partial charge in [0.1, 0.15) is 5.82 Å². The number of hydrogen-bond acceptors (Lipinski definition) is 5. The van der Waals surface area contributed by atoms with Gasteiger partial charge in [-0.25, -0.2) is 9.66 Å². The number of aryl methyl sites for hydroxylation is 1. The van der Waals surface area contributed by atoms with Crippen molar-refractivity contribution < 1.29 is 14.4 Å². The van der Waals surface area contributed by atoms with Gasteiger partial charge in [-0.15, -0.1) is 6.58 Å². The Balaban J connectivity index is 1.69. The highest BCUT2D eigenvalue weighted by atomic mass is 16.2. The van der Waals surface area contributed by atoms with E-state index in [2.05, 4.69) is 17.0 Å². The maximum atomic E-state index is 12.7. The lowest BCUT2D eigenvalue weighted by Crippen LogP contribution is -2.35. The second-order valence-electron chi connectivity index (χ2n) is 6.53. The highest BCUT2D eigenvalue weighted by Gasteiger charge is 2.35. The first-order valence-corrected chi connectivity index (χ1v) is 8.83. The number of para-hydroxylation sites is 1. The third-order valence-electron chi connectivity index (χ3n) is 4.70. The van der Waals surface area contributed by atoms with Gasteiger partial charge in [0.2, 0.25) is 0 Å². The fraction of sp³-hybridized carbons (Fsp3) is 0.0952. The molecule has 3 aromatic rings. The smallest absolute Gasteiger partial charge is 0.270 e.